The number of hydrogen-bond acceptors (Lipinski definition) is 4. The molecular weight excluding hydrogens is 375 g/mol. The topological polar surface area (TPSA) is 63.1 Å². The van der Waals surface area contributed by atoms with Crippen LogP contribution in [0.25, 0.3) is 0 Å². The molecule has 1 unspecified atom stereocenters. The maximum atomic E-state index is 11.4. The summed E-state index contributed by atoms with van der Waals surface area (Å²) in [6, 6.07) is 9.60. The summed E-state index contributed by atoms with van der Waals surface area (Å²) in [5.74, 6) is -0.830. The van der Waals surface area contributed by atoms with E-state index in [-0.39, 0.29) is 0 Å². The van der Waals surface area contributed by atoms with Gasteiger partial charge in [-0.2, -0.15) is 0 Å². The largest absolute Gasteiger partial charge is 0.480 e. The Morgan fingerprint density at radius 2 is 2.11 bits per heavy atom. The van der Waals surface area contributed by atoms with Crippen LogP contribution in [-0.2, 0) is 11.2 Å². The van der Waals surface area contributed by atoms with Crippen LogP contribution in [0.3, 0.4) is 0 Å². The molecule has 0 aliphatic carbocycles. The SMILES string of the molecule is O=C(O)C(Cc1ccccc1)Sc1ncncc1I. The first-order chi connectivity index (χ1) is 9.16. The summed E-state index contributed by atoms with van der Waals surface area (Å²) in [4.78, 5) is 19.4. The van der Waals surface area contributed by atoms with Crippen molar-refractivity contribution in [2.24, 2.45) is 0 Å². The number of nitrogens with zero attached hydrogens (tertiary/aromatic N) is 2. The highest BCUT2D eigenvalue weighted by atomic mass is 127. The standard InChI is InChI=1S/C13H11IN2O2S/c14-10-7-15-8-16-12(10)19-11(13(17)18)6-9-4-2-1-3-5-9/h1-5,7-8,11H,6H2,(H,17,18). The smallest absolute Gasteiger partial charge is 0.317 e. The third-order valence-corrected chi connectivity index (χ3v) is 4.78. The second kappa shape index (κ2) is 6.85. The zero-order chi connectivity index (χ0) is 13.7. The van der Waals surface area contributed by atoms with Gasteiger partial charge in [0, 0.05) is 6.20 Å². The molecule has 2 rings (SSSR count). The van der Waals surface area contributed by atoms with Crippen LogP contribution < -0.4 is 0 Å². The lowest BCUT2D eigenvalue weighted by Gasteiger charge is -2.12. The van der Waals surface area contributed by atoms with E-state index in [1.165, 1.54) is 18.1 Å². The normalized spacial score (nSPS) is 12.1. The van der Waals surface area contributed by atoms with Crippen LogP contribution in [0, 0.1) is 3.57 Å². The Bertz CT molecular complexity index is 566. The molecule has 0 saturated heterocycles. The maximum Gasteiger partial charge on any atom is 0.317 e. The van der Waals surface area contributed by atoms with E-state index in [9.17, 15) is 9.90 Å². The number of halogens is 1. The minimum atomic E-state index is -0.830. The molecule has 0 saturated carbocycles. The molecule has 6 heteroatoms. The maximum absolute atomic E-state index is 11.4. The summed E-state index contributed by atoms with van der Waals surface area (Å²) in [5.41, 5.74) is 1.01. The van der Waals surface area contributed by atoms with Crippen LogP contribution in [0.1, 0.15) is 5.56 Å². The van der Waals surface area contributed by atoms with Gasteiger partial charge in [0.1, 0.15) is 16.6 Å². The van der Waals surface area contributed by atoms with Crippen molar-refractivity contribution < 1.29 is 9.90 Å². The van der Waals surface area contributed by atoms with Gasteiger partial charge in [-0.05, 0) is 34.6 Å². The van der Waals surface area contributed by atoms with Crippen molar-refractivity contribution in [2.45, 2.75) is 16.7 Å². The second-order valence-electron chi connectivity index (χ2n) is 3.81. The molecule has 1 N–H and O–H groups in total. The Balaban J connectivity index is 2.13. The average molecular weight is 386 g/mol. The van der Waals surface area contributed by atoms with Crippen molar-refractivity contribution in [1.29, 1.82) is 0 Å². The van der Waals surface area contributed by atoms with Gasteiger partial charge in [0.2, 0.25) is 0 Å². The lowest BCUT2D eigenvalue weighted by molar-refractivity contribution is -0.136. The predicted octanol–water partition coefficient (Wildman–Crippen LogP) is 2.87. The number of benzene rings is 1. The number of carboxylic acid groups (broad SMARTS) is 1. The number of carbonyl (C=O) groups is 1. The molecule has 0 aliphatic heterocycles. The zero-order valence-corrected chi connectivity index (χ0v) is 12.8. The van der Waals surface area contributed by atoms with Crippen LogP contribution in [-0.4, -0.2) is 26.3 Å². The summed E-state index contributed by atoms with van der Waals surface area (Å²) in [6.07, 6.45) is 3.59. The molecule has 1 aromatic carbocycles. The first kappa shape index (κ1) is 14.3. The molecule has 1 heterocycles. The van der Waals surface area contributed by atoms with E-state index in [1.807, 2.05) is 30.3 Å². The van der Waals surface area contributed by atoms with E-state index in [2.05, 4.69) is 32.6 Å². The molecule has 0 bridgehead atoms. The van der Waals surface area contributed by atoms with Crippen LogP contribution in [0.5, 0.6) is 0 Å². The van der Waals surface area contributed by atoms with Gasteiger partial charge in [-0.15, -0.1) is 0 Å². The Labute approximate surface area is 128 Å². The van der Waals surface area contributed by atoms with Crippen molar-refractivity contribution in [3.8, 4) is 0 Å². The quantitative estimate of drug-likeness (QED) is 0.487. The fourth-order valence-electron chi connectivity index (χ4n) is 1.53. The monoisotopic (exact) mass is 386 g/mol. The second-order valence-corrected chi connectivity index (χ2v) is 6.16. The molecule has 0 radical (unpaired) electrons. The molecule has 19 heavy (non-hydrogen) atoms. The van der Waals surface area contributed by atoms with Crippen LogP contribution in [0.2, 0.25) is 0 Å². The van der Waals surface area contributed by atoms with Crippen LogP contribution in [0.15, 0.2) is 47.9 Å². The molecule has 98 valence electrons. The fraction of sp³-hybridized carbons (Fsp3) is 0.154. The summed E-state index contributed by atoms with van der Waals surface area (Å²) in [5, 5.41) is 9.48. The minimum Gasteiger partial charge on any atom is -0.480 e. The fourth-order valence-corrected chi connectivity index (χ4v) is 3.13. The van der Waals surface area contributed by atoms with Gasteiger partial charge in [0.15, 0.2) is 0 Å². The summed E-state index contributed by atoms with van der Waals surface area (Å²) in [6.45, 7) is 0. The molecule has 0 fully saturated rings. The van der Waals surface area contributed by atoms with Crippen molar-refractivity contribution in [1.82, 2.24) is 9.97 Å². The van der Waals surface area contributed by atoms with E-state index in [4.69, 9.17) is 0 Å². The molecule has 0 aliphatic rings. The minimum absolute atomic E-state index is 0.473. The molecule has 2 aromatic rings. The Kier molecular flexibility index (Phi) is 5.15. The summed E-state index contributed by atoms with van der Waals surface area (Å²) < 4.78 is 0.865. The Hall–Kier alpha value is -1.15. The average Bonchev–Trinajstić information content (AvgIpc) is 2.41. The molecule has 1 atom stereocenters. The highest BCUT2D eigenvalue weighted by Gasteiger charge is 2.21. The van der Waals surface area contributed by atoms with Crippen LogP contribution in [0.4, 0.5) is 0 Å². The van der Waals surface area contributed by atoms with E-state index < -0.39 is 11.2 Å². The van der Waals surface area contributed by atoms with Crippen molar-refractivity contribution in [3.05, 3.63) is 52.0 Å². The van der Waals surface area contributed by atoms with E-state index >= 15 is 0 Å². The van der Waals surface area contributed by atoms with E-state index in [1.54, 1.807) is 6.20 Å². The number of aromatic nitrogens is 2. The van der Waals surface area contributed by atoms with Crippen LogP contribution >= 0.6 is 34.4 Å². The lowest BCUT2D eigenvalue weighted by Crippen LogP contribution is -2.19. The number of thioether (sulfide) groups is 1. The van der Waals surface area contributed by atoms with Gasteiger partial charge in [-0.1, -0.05) is 42.1 Å². The van der Waals surface area contributed by atoms with Crippen molar-refractivity contribution >= 4 is 40.3 Å². The summed E-state index contributed by atoms with van der Waals surface area (Å²) in [7, 11) is 0. The molecule has 1 aromatic heterocycles. The third kappa shape index (κ3) is 4.17. The highest BCUT2D eigenvalue weighted by molar-refractivity contribution is 14.1. The number of rotatable bonds is 5. The first-order valence-electron chi connectivity index (χ1n) is 5.55. The van der Waals surface area contributed by atoms with E-state index in [0.717, 1.165) is 9.13 Å². The van der Waals surface area contributed by atoms with Gasteiger partial charge < -0.3 is 5.11 Å². The van der Waals surface area contributed by atoms with Gasteiger partial charge in [0.05, 0.1) is 3.57 Å². The number of aliphatic carboxylic acids is 1. The Morgan fingerprint density at radius 3 is 2.74 bits per heavy atom. The molecular formula is C13H11IN2O2S. The zero-order valence-electron chi connectivity index (χ0n) is 9.86. The van der Waals surface area contributed by atoms with Gasteiger partial charge in [-0.25, -0.2) is 9.97 Å². The molecule has 0 spiro atoms. The van der Waals surface area contributed by atoms with Gasteiger partial charge >= 0.3 is 5.97 Å². The Morgan fingerprint density at radius 1 is 1.37 bits per heavy atom. The van der Waals surface area contributed by atoms with Gasteiger partial charge in [0.25, 0.3) is 0 Å². The van der Waals surface area contributed by atoms with Crippen molar-refractivity contribution in [3.63, 3.8) is 0 Å². The lowest BCUT2D eigenvalue weighted by atomic mass is 10.1. The molecule has 0 amide bonds. The van der Waals surface area contributed by atoms with Gasteiger partial charge in [-0.3, -0.25) is 4.79 Å². The predicted molar refractivity (Wildman–Crippen MR) is 82.2 cm³/mol. The highest BCUT2D eigenvalue weighted by Crippen LogP contribution is 2.27. The number of hydrogen-bond donors (Lipinski definition) is 1. The van der Waals surface area contributed by atoms with E-state index in [0.29, 0.717) is 11.4 Å². The number of carboxylic acids is 1. The summed E-state index contributed by atoms with van der Waals surface area (Å²) >= 11 is 3.37. The first-order valence-corrected chi connectivity index (χ1v) is 7.51. The van der Waals surface area contributed by atoms with Crippen molar-refractivity contribution in [2.75, 3.05) is 0 Å². The molecule has 4 nitrogen and oxygen atoms in total. The third-order valence-electron chi connectivity index (χ3n) is 2.43.